The number of nitro benzene ring substituents is 1. The molecule has 0 aliphatic carbocycles. The molecule has 8 nitrogen and oxygen atoms in total. The van der Waals surface area contributed by atoms with Crippen LogP contribution in [0.3, 0.4) is 0 Å². The van der Waals surface area contributed by atoms with Crippen LogP contribution in [0, 0.1) is 10.1 Å². The van der Waals surface area contributed by atoms with Gasteiger partial charge in [-0.1, -0.05) is 18.2 Å². The van der Waals surface area contributed by atoms with Gasteiger partial charge < -0.3 is 5.11 Å². The lowest BCUT2D eigenvalue weighted by Crippen LogP contribution is -2.37. The quantitative estimate of drug-likeness (QED) is 0.579. The van der Waals surface area contributed by atoms with Gasteiger partial charge in [0.15, 0.2) is 5.25 Å². The van der Waals surface area contributed by atoms with Crippen molar-refractivity contribution in [2.75, 3.05) is 0 Å². The first-order chi connectivity index (χ1) is 8.75. The van der Waals surface area contributed by atoms with Crippen LogP contribution < -0.4 is 4.72 Å². The average molecular weight is 288 g/mol. The highest BCUT2D eigenvalue weighted by molar-refractivity contribution is 7.90. The van der Waals surface area contributed by atoms with Crippen molar-refractivity contribution in [2.24, 2.45) is 0 Å². The Morgan fingerprint density at radius 1 is 1.47 bits per heavy atom. The normalized spacial score (nSPS) is 12.9. The number of nitrogens with one attached hydrogen (secondary N) is 1. The number of hydrogen-bond acceptors (Lipinski definition) is 5. The van der Waals surface area contributed by atoms with Gasteiger partial charge in [0, 0.05) is 18.2 Å². The van der Waals surface area contributed by atoms with E-state index in [1.807, 2.05) is 4.72 Å². The number of sulfonamides is 1. The minimum Gasteiger partial charge on any atom is -0.480 e. The highest BCUT2D eigenvalue weighted by atomic mass is 32.2. The third-order valence-electron chi connectivity index (χ3n) is 2.47. The van der Waals surface area contributed by atoms with E-state index < -0.39 is 26.2 Å². The highest BCUT2D eigenvalue weighted by Crippen LogP contribution is 2.17. The Morgan fingerprint density at radius 2 is 2.05 bits per heavy atom. The number of aliphatic carboxylic acids is 1. The predicted octanol–water partition coefficient (Wildman–Crippen LogP) is 0.487. The molecule has 0 aliphatic heterocycles. The van der Waals surface area contributed by atoms with Crippen LogP contribution in [0.4, 0.5) is 5.69 Å². The molecular formula is C10H12N2O6S. The number of carboxylic acid groups (broad SMARTS) is 1. The Labute approximate surface area is 109 Å². The van der Waals surface area contributed by atoms with Crippen LogP contribution in [0.15, 0.2) is 24.3 Å². The maximum atomic E-state index is 11.6. The smallest absolute Gasteiger partial charge is 0.323 e. The summed E-state index contributed by atoms with van der Waals surface area (Å²) in [5.74, 6) is -1.49. The highest BCUT2D eigenvalue weighted by Gasteiger charge is 2.27. The van der Waals surface area contributed by atoms with Crippen LogP contribution in [0.2, 0.25) is 0 Å². The van der Waals surface area contributed by atoms with E-state index in [0.29, 0.717) is 0 Å². The minimum atomic E-state index is -4.07. The zero-order valence-corrected chi connectivity index (χ0v) is 10.8. The second-order valence-electron chi connectivity index (χ2n) is 3.73. The van der Waals surface area contributed by atoms with E-state index in [4.69, 9.17) is 5.11 Å². The molecule has 0 saturated carbocycles. The lowest BCUT2D eigenvalue weighted by molar-refractivity contribution is -0.385. The summed E-state index contributed by atoms with van der Waals surface area (Å²) < 4.78 is 25.2. The van der Waals surface area contributed by atoms with E-state index in [-0.39, 0.29) is 17.8 Å². The van der Waals surface area contributed by atoms with E-state index in [1.165, 1.54) is 24.3 Å². The van der Waals surface area contributed by atoms with E-state index >= 15 is 0 Å². The fourth-order valence-electron chi connectivity index (χ4n) is 1.27. The fourth-order valence-corrected chi connectivity index (χ4v) is 2.15. The number of nitro groups is 1. The van der Waals surface area contributed by atoms with E-state index in [0.717, 1.165) is 6.92 Å². The third-order valence-corrected chi connectivity index (χ3v) is 4.14. The molecule has 0 bridgehead atoms. The second-order valence-corrected chi connectivity index (χ2v) is 5.82. The zero-order valence-electron chi connectivity index (χ0n) is 9.94. The molecule has 0 aromatic heterocycles. The fraction of sp³-hybridized carbons (Fsp3) is 0.300. The molecule has 0 aliphatic rings. The number of para-hydroxylation sites is 1. The molecule has 0 spiro atoms. The number of carboxylic acids is 1. The molecule has 0 heterocycles. The van der Waals surface area contributed by atoms with Gasteiger partial charge in [0.1, 0.15) is 0 Å². The first-order valence-electron chi connectivity index (χ1n) is 5.19. The maximum absolute atomic E-state index is 11.6. The first-order valence-corrected chi connectivity index (χ1v) is 6.74. The molecule has 0 saturated heterocycles. The molecule has 104 valence electrons. The minimum absolute atomic E-state index is 0.161. The van der Waals surface area contributed by atoms with Crippen LogP contribution in [-0.2, 0) is 21.4 Å². The zero-order chi connectivity index (χ0) is 14.6. The Balaban J connectivity index is 2.89. The van der Waals surface area contributed by atoms with Crippen LogP contribution >= 0.6 is 0 Å². The van der Waals surface area contributed by atoms with Gasteiger partial charge in [-0.2, -0.15) is 0 Å². The Hall–Kier alpha value is -2.00. The first kappa shape index (κ1) is 15.1. The van der Waals surface area contributed by atoms with Crippen LogP contribution in [0.1, 0.15) is 12.5 Å². The maximum Gasteiger partial charge on any atom is 0.323 e. The van der Waals surface area contributed by atoms with Crippen molar-refractivity contribution in [3.05, 3.63) is 39.9 Å². The van der Waals surface area contributed by atoms with Crippen LogP contribution in [-0.4, -0.2) is 29.7 Å². The van der Waals surface area contributed by atoms with Crippen LogP contribution in [0.5, 0.6) is 0 Å². The molecule has 1 rings (SSSR count). The summed E-state index contributed by atoms with van der Waals surface area (Å²) in [6, 6.07) is 5.61. The lowest BCUT2D eigenvalue weighted by atomic mass is 10.2. The molecule has 0 fully saturated rings. The van der Waals surface area contributed by atoms with Crippen molar-refractivity contribution in [1.82, 2.24) is 4.72 Å². The summed E-state index contributed by atoms with van der Waals surface area (Å²) in [7, 11) is -4.07. The standard InChI is InChI=1S/C10H12N2O6S/c1-7(10(13)14)19(17,18)11-6-8-4-2-3-5-9(8)12(15)16/h2-5,7,11H,6H2,1H3,(H,13,14). The number of benzene rings is 1. The molecule has 1 aromatic rings. The third kappa shape index (κ3) is 3.73. The summed E-state index contributed by atoms with van der Waals surface area (Å²) in [6.07, 6.45) is 0. The molecular weight excluding hydrogens is 276 g/mol. The monoisotopic (exact) mass is 288 g/mol. The van der Waals surface area contributed by atoms with Gasteiger partial charge in [0.25, 0.3) is 5.69 Å². The lowest BCUT2D eigenvalue weighted by Gasteiger charge is -2.10. The number of carbonyl (C=O) groups is 1. The van der Waals surface area contributed by atoms with Gasteiger partial charge in [-0.25, -0.2) is 13.1 Å². The molecule has 1 aromatic carbocycles. The summed E-state index contributed by atoms with van der Waals surface area (Å²) in [5, 5.41) is 17.7. The van der Waals surface area contributed by atoms with Crippen molar-refractivity contribution < 1.29 is 23.2 Å². The van der Waals surface area contributed by atoms with E-state index in [9.17, 15) is 23.3 Å². The van der Waals surface area contributed by atoms with Gasteiger partial charge in [-0.05, 0) is 6.92 Å². The summed E-state index contributed by atoms with van der Waals surface area (Å²) in [6.45, 7) is 0.682. The van der Waals surface area contributed by atoms with Crippen molar-refractivity contribution in [2.45, 2.75) is 18.7 Å². The molecule has 0 radical (unpaired) electrons. The summed E-state index contributed by atoms with van der Waals surface area (Å²) in [4.78, 5) is 20.7. The second kappa shape index (κ2) is 5.76. The van der Waals surface area contributed by atoms with Gasteiger partial charge in [-0.15, -0.1) is 0 Å². The summed E-state index contributed by atoms with van der Waals surface area (Å²) >= 11 is 0. The number of nitrogens with zero attached hydrogens (tertiary/aromatic N) is 1. The largest absolute Gasteiger partial charge is 0.480 e. The molecule has 1 atom stereocenters. The van der Waals surface area contributed by atoms with Gasteiger partial charge >= 0.3 is 5.97 Å². The van der Waals surface area contributed by atoms with Gasteiger partial charge in [-0.3, -0.25) is 14.9 Å². The summed E-state index contributed by atoms with van der Waals surface area (Å²) in [5.41, 5.74) is -0.0677. The molecule has 2 N–H and O–H groups in total. The number of hydrogen-bond donors (Lipinski definition) is 2. The molecule has 9 heteroatoms. The van der Waals surface area contributed by atoms with E-state index in [2.05, 4.69) is 0 Å². The Morgan fingerprint density at radius 3 is 2.58 bits per heavy atom. The predicted molar refractivity (Wildman–Crippen MR) is 66.0 cm³/mol. The van der Waals surface area contributed by atoms with E-state index in [1.54, 1.807) is 0 Å². The topological polar surface area (TPSA) is 127 Å². The molecule has 0 amide bonds. The Bertz CT molecular complexity index is 598. The van der Waals surface area contributed by atoms with Crippen molar-refractivity contribution >= 4 is 21.7 Å². The van der Waals surface area contributed by atoms with Crippen molar-refractivity contribution in [3.63, 3.8) is 0 Å². The van der Waals surface area contributed by atoms with Gasteiger partial charge in [0.2, 0.25) is 10.0 Å². The molecule has 19 heavy (non-hydrogen) atoms. The van der Waals surface area contributed by atoms with Crippen LogP contribution in [0.25, 0.3) is 0 Å². The average Bonchev–Trinajstić information content (AvgIpc) is 2.35. The van der Waals surface area contributed by atoms with Crippen molar-refractivity contribution in [1.29, 1.82) is 0 Å². The van der Waals surface area contributed by atoms with Gasteiger partial charge in [0.05, 0.1) is 4.92 Å². The molecule has 1 unspecified atom stereocenters. The van der Waals surface area contributed by atoms with Crippen molar-refractivity contribution in [3.8, 4) is 0 Å². The SMILES string of the molecule is CC(C(=O)O)S(=O)(=O)NCc1ccccc1[N+](=O)[O-]. The Kier molecular flexibility index (Phi) is 4.57. The number of rotatable bonds is 6.